The zero-order valence-electron chi connectivity index (χ0n) is 19.6. The number of amides is 2. The van der Waals surface area contributed by atoms with Crippen LogP contribution in [0.1, 0.15) is 58.8 Å². The average Bonchev–Trinajstić information content (AvgIpc) is 2.84. The lowest BCUT2D eigenvalue weighted by Crippen LogP contribution is -2.47. The Balaban J connectivity index is 1.77. The van der Waals surface area contributed by atoms with Crippen molar-refractivity contribution in [2.24, 2.45) is 0 Å². The van der Waals surface area contributed by atoms with E-state index in [1.807, 2.05) is 36.4 Å². The van der Waals surface area contributed by atoms with E-state index in [9.17, 15) is 14.0 Å². The molecule has 0 spiro atoms. The van der Waals surface area contributed by atoms with Crippen LogP contribution in [0.2, 0.25) is 0 Å². The fourth-order valence-corrected chi connectivity index (χ4v) is 4.51. The van der Waals surface area contributed by atoms with Crippen LogP contribution in [0.3, 0.4) is 0 Å². The van der Waals surface area contributed by atoms with Gasteiger partial charge in [-0.25, -0.2) is 4.39 Å². The van der Waals surface area contributed by atoms with Crippen LogP contribution in [-0.2, 0) is 9.53 Å². The number of carbonyl (C=O) groups excluding carboxylic acids is 2. The van der Waals surface area contributed by atoms with Crippen LogP contribution in [0.15, 0.2) is 72.8 Å². The highest BCUT2D eigenvalue weighted by atomic mass is 19.1. The summed E-state index contributed by atoms with van der Waals surface area (Å²) in [6, 6.07) is 20.4. The first kappa shape index (κ1) is 23.6. The zero-order valence-corrected chi connectivity index (χ0v) is 19.6. The van der Waals surface area contributed by atoms with Gasteiger partial charge in [-0.05, 0) is 52.9 Å². The molecule has 0 radical (unpaired) electrons. The van der Waals surface area contributed by atoms with Gasteiger partial charge in [-0.2, -0.15) is 0 Å². The lowest BCUT2D eigenvalue weighted by molar-refractivity contribution is -0.119. The molecule has 2 amide bonds. The summed E-state index contributed by atoms with van der Waals surface area (Å²) in [7, 11) is 1.57. The van der Waals surface area contributed by atoms with Gasteiger partial charge >= 0.3 is 0 Å². The van der Waals surface area contributed by atoms with E-state index in [4.69, 9.17) is 4.74 Å². The van der Waals surface area contributed by atoms with Crippen molar-refractivity contribution in [3.05, 3.63) is 101 Å². The Labute approximate surface area is 199 Å². The van der Waals surface area contributed by atoms with Gasteiger partial charge in [-0.15, -0.1) is 0 Å². The molecule has 1 aliphatic rings. The molecule has 0 saturated heterocycles. The number of ether oxygens (including phenoxy) is 1. The van der Waals surface area contributed by atoms with Crippen molar-refractivity contribution in [2.45, 2.75) is 31.7 Å². The highest BCUT2D eigenvalue weighted by Gasteiger charge is 2.44. The van der Waals surface area contributed by atoms with Gasteiger partial charge in [0.1, 0.15) is 5.82 Å². The van der Waals surface area contributed by atoms with Gasteiger partial charge in [-0.1, -0.05) is 56.3 Å². The minimum absolute atomic E-state index is 0.174. The Morgan fingerprint density at radius 2 is 1.71 bits per heavy atom. The topological polar surface area (TPSA) is 58.6 Å². The summed E-state index contributed by atoms with van der Waals surface area (Å²) in [5.41, 5.74) is 3.71. The molecule has 0 unspecified atom stereocenters. The largest absolute Gasteiger partial charge is 0.383 e. The summed E-state index contributed by atoms with van der Waals surface area (Å²) in [6.45, 7) is 4.85. The Kier molecular flexibility index (Phi) is 7.08. The molecule has 176 valence electrons. The average molecular weight is 461 g/mol. The van der Waals surface area contributed by atoms with Crippen LogP contribution in [0.4, 0.5) is 10.1 Å². The normalized spacial score (nSPS) is 17.6. The van der Waals surface area contributed by atoms with Crippen molar-refractivity contribution in [3.63, 3.8) is 0 Å². The van der Waals surface area contributed by atoms with Gasteiger partial charge in [0.05, 0.1) is 18.6 Å². The molecule has 3 aromatic rings. The third-order valence-electron chi connectivity index (χ3n) is 6.31. The van der Waals surface area contributed by atoms with E-state index in [0.29, 0.717) is 41.4 Å². The van der Waals surface area contributed by atoms with E-state index >= 15 is 0 Å². The third kappa shape index (κ3) is 4.73. The molecule has 0 bridgehead atoms. The first-order valence-corrected chi connectivity index (χ1v) is 11.5. The summed E-state index contributed by atoms with van der Waals surface area (Å²) in [5.74, 6) is -1.07. The fourth-order valence-electron chi connectivity index (χ4n) is 4.51. The highest BCUT2D eigenvalue weighted by Crippen LogP contribution is 2.43. The molecule has 3 aromatic carbocycles. The van der Waals surface area contributed by atoms with E-state index < -0.39 is 12.0 Å². The van der Waals surface area contributed by atoms with Crippen LogP contribution in [0, 0.1) is 5.82 Å². The van der Waals surface area contributed by atoms with Gasteiger partial charge < -0.3 is 15.0 Å². The Hall–Kier alpha value is -3.51. The molecule has 0 saturated carbocycles. The summed E-state index contributed by atoms with van der Waals surface area (Å²) in [5, 5.41) is 3.04. The second-order valence-corrected chi connectivity index (χ2v) is 8.82. The highest BCUT2D eigenvalue weighted by molar-refractivity contribution is 6.04. The summed E-state index contributed by atoms with van der Waals surface area (Å²) in [6.07, 6.45) is 0. The van der Waals surface area contributed by atoms with E-state index in [1.165, 1.54) is 17.7 Å². The van der Waals surface area contributed by atoms with Crippen molar-refractivity contribution in [3.8, 4) is 0 Å². The van der Waals surface area contributed by atoms with Crippen molar-refractivity contribution in [1.82, 2.24) is 4.90 Å². The number of carbonyl (C=O) groups is 2. The first-order chi connectivity index (χ1) is 16.4. The second-order valence-electron chi connectivity index (χ2n) is 8.82. The van der Waals surface area contributed by atoms with Gasteiger partial charge in [-0.3, -0.25) is 9.59 Å². The Bertz CT molecular complexity index is 1160. The molecule has 0 fully saturated rings. The molecule has 34 heavy (non-hydrogen) atoms. The van der Waals surface area contributed by atoms with Crippen LogP contribution in [0.5, 0.6) is 0 Å². The number of hydrogen-bond acceptors (Lipinski definition) is 3. The maximum atomic E-state index is 13.8. The molecular weight excluding hydrogens is 431 g/mol. The van der Waals surface area contributed by atoms with Gasteiger partial charge in [0.2, 0.25) is 5.91 Å². The van der Waals surface area contributed by atoms with E-state index in [0.717, 1.165) is 0 Å². The number of nitrogens with zero attached hydrogens (tertiary/aromatic N) is 1. The number of methoxy groups -OCH3 is 1. The fraction of sp³-hybridized carbons (Fsp3) is 0.286. The van der Waals surface area contributed by atoms with E-state index in [1.54, 1.807) is 36.3 Å². The molecule has 0 aromatic heterocycles. The van der Waals surface area contributed by atoms with E-state index in [2.05, 4.69) is 19.2 Å². The van der Waals surface area contributed by atoms with Gasteiger partial charge in [0.25, 0.3) is 5.91 Å². The monoisotopic (exact) mass is 460 g/mol. The van der Waals surface area contributed by atoms with Crippen LogP contribution in [-0.4, -0.2) is 37.0 Å². The Morgan fingerprint density at radius 3 is 2.35 bits per heavy atom. The van der Waals surface area contributed by atoms with Gasteiger partial charge in [0, 0.05) is 24.9 Å². The Morgan fingerprint density at radius 1 is 1.03 bits per heavy atom. The van der Waals surface area contributed by atoms with Gasteiger partial charge in [0.15, 0.2) is 0 Å². The van der Waals surface area contributed by atoms with Crippen molar-refractivity contribution in [1.29, 1.82) is 0 Å². The molecule has 1 N–H and O–H groups in total. The molecule has 6 heteroatoms. The lowest BCUT2D eigenvalue weighted by Gasteiger charge is -2.41. The molecule has 4 rings (SSSR count). The summed E-state index contributed by atoms with van der Waals surface area (Å²) >= 11 is 0. The molecule has 1 aliphatic heterocycles. The third-order valence-corrected chi connectivity index (χ3v) is 6.31. The number of nitrogens with one attached hydrogen (secondary N) is 1. The second kappa shape index (κ2) is 10.2. The smallest absolute Gasteiger partial charge is 0.254 e. The molecule has 5 nitrogen and oxygen atoms in total. The summed E-state index contributed by atoms with van der Waals surface area (Å²) < 4.78 is 19.0. The van der Waals surface area contributed by atoms with Crippen LogP contribution >= 0.6 is 0 Å². The minimum Gasteiger partial charge on any atom is -0.383 e. The molecular formula is C28H29FN2O3. The zero-order chi connectivity index (χ0) is 24.2. The molecule has 1 heterocycles. The number of anilines is 1. The predicted octanol–water partition coefficient (Wildman–Crippen LogP) is 5.51. The number of halogens is 1. The summed E-state index contributed by atoms with van der Waals surface area (Å²) in [4.78, 5) is 28.9. The number of fused-ring (bicyclic) bond motifs is 1. The lowest BCUT2D eigenvalue weighted by atomic mass is 9.79. The molecule has 2 atom stereocenters. The maximum Gasteiger partial charge on any atom is 0.254 e. The standard InChI is InChI=1S/C28H29FN2O3/c1-18(2)19-10-14-22(15-11-19)30-27(32)25-23-6-4-5-7-24(23)28(33)31(16-17-34-3)26(25)20-8-12-21(29)13-9-20/h4-15,18,25-26H,16-17H2,1-3H3,(H,30,32)/t25-,26+/m0/s1. The minimum atomic E-state index is -0.680. The number of rotatable bonds is 7. The van der Waals surface area contributed by atoms with Crippen molar-refractivity contribution >= 4 is 17.5 Å². The van der Waals surface area contributed by atoms with Crippen molar-refractivity contribution < 1.29 is 18.7 Å². The maximum absolute atomic E-state index is 13.8. The predicted molar refractivity (Wildman–Crippen MR) is 130 cm³/mol. The van der Waals surface area contributed by atoms with Crippen LogP contribution < -0.4 is 5.32 Å². The van der Waals surface area contributed by atoms with E-state index in [-0.39, 0.29) is 17.6 Å². The first-order valence-electron chi connectivity index (χ1n) is 11.5. The quantitative estimate of drug-likeness (QED) is 0.505. The number of benzene rings is 3. The SMILES string of the molecule is COCCN1C(=O)c2ccccc2[C@H](C(=O)Nc2ccc(C(C)C)cc2)[C@H]1c1ccc(F)cc1. The molecule has 0 aliphatic carbocycles. The van der Waals surface area contributed by atoms with Crippen molar-refractivity contribution in [2.75, 3.05) is 25.6 Å². The number of hydrogen-bond donors (Lipinski definition) is 1. The van der Waals surface area contributed by atoms with Crippen LogP contribution in [0.25, 0.3) is 0 Å².